The number of nitrogens with zero attached hydrogens (tertiary/aromatic N) is 2. The van der Waals surface area contributed by atoms with E-state index in [2.05, 4.69) is 9.82 Å². The minimum Gasteiger partial charge on any atom is -0.574 e. The van der Waals surface area contributed by atoms with Crippen LogP contribution in [0, 0.1) is 0 Å². The van der Waals surface area contributed by atoms with Crippen molar-refractivity contribution in [1.82, 2.24) is 9.78 Å². The van der Waals surface area contributed by atoms with E-state index in [1.165, 1.54) is 4.68 Å². The fourth-order valence-electron chi connectivity index (χ4n) is 3.97. The van der Waals surface area contributed by atoms with Gasteiger partial charge in [0.05, 0.1) is 17.1 Å². The quantitative estimate of drug-likeness (QED) is 0.259. The second-order valence-electron chi connectivity index (χ2n) is 7.46. The largest absolute Gasteiger partial charge is 0.574 e. The first-order valence-electron chi connectivity index (χ1n) is 9.93. The summed E-state index contributed by atoms with van der Waals surface area (Å²) in [4.78, 5) is 0. The lowest BCUT2D eigenvalue weighted by molar-refractivity contribution is -0.141. The van der Waals surface area contributed by atoms with Gasteiger partial charge in [0.1, 0.15) is 0 Å². The molecular formula is C24H17F3N4OS. The molecule has 5 nitrogen and oxygen atoms in total. The van der Waals surface area contributed by atoms with Crippen molar-refractivity contribution in [3.05, 3.63) is 90.6 Å². The van der Waals surface area contributed by atoms with Crippen molar-refractivity contribution in [3.8, 4) is 16.9 Å². The SMILES string of the molecule is N[S+]([O-])Nc1ccc(-n2nc(C(F)(F)F)cc2-c2c3ccccc3cc3ccccc23)cc1. The van der Waals surface area contributed by atoms with Crippen molar-refractivity contribution in [2.24, 2.45) is 5.14 Å². The summed E-state index contributed by atoms with van der Waals surface area (Å²) in [6.07, 6.45) is -4.61. The van der Waals surface area contributed by atoms with Gasteiger partial charge in [-0.1, -0.05) is 48.5 Å². The summed E-state index contributed by atoms with van der Waals surface area (Å²) in [6, 6.07) is 24.6. The lowest BCUT2D eigenvalue weighted by atomic mass is 9.94. The molecule has 0 aliphatic heterocycles. The highest BCUT2D eigenvalue weighted by Gasteiger charge is 2.35. The molecule has 4 aromatic carbocycles. The van der Waals surface area contributed by atoms with Gasteiger partial charge in [-0.15, -0.1) is 5.14 Å². The van der Waals surface area contributed by atoms with Crippen LogP contribution < -0.4 is 9.86 Å². The van der Waals surface area contributed by atoms with Crippen molar-refractivity contribution in [2.75, 3.05) is 4.72 Å². The van der Waals surface area contributed by atoms with E-state index in [4.69, 9.17) is 5.14 Å². The summed E-state index contributed by atoms with van der Waals surface area (Å²) in [5.41, 5.74) is 0.890. The Kier molecular flexibility index (Phi) is 5.24. The normalized spacial score (nSPS) is 12.9. The molecule has 0 saturated heterocycles. The van der Waals surface area contributed by atoms with Crippen LogP contribution in [0.1, 0.15) is 5.69 Å². The Hall–Kier alpha value is -3.53. The monoisotopic (exact) mass is 466 g/mol. The third kappa shape index (κ3) is 4.02. The standard InChI is InChI=1S/C24H17F3N4OS/c25-24(26,27)22-14-21(31(29-22)18-11-9-17(10-12-18)30-33(28)32)23-19-7-3-1-5-15(19)13-16-6-2-4-8-20(16)23/h1-14,30H,28H2. The molecule has 166 valence electrons. The summed E-state index contributed by atoms with van der Waals surface area (Å²) < 4.78 is 56.2. The number of hydrogen-bond donors (Lipinski definition) is 2. The van der Waals surface area contributed by atoms with E-state index in [-0.39, 0.29) is 0 Å². The van der Waals surface area contributed by atoms with Crippen LogP contribution in [0.2, 0.25) is 0 Å². The van der Waals surface area contributed by atoms with Gasteiger partial charge >= 0.3 is 6.18 Å². The third-order valence-corrected chi connectivity index (χ3v) is 5.79. The average Bonchev–Trinajstić information content (AvgIpc) is 3.23. The Morgan fingerprint density at radius 1 is 0.848 bits per heavy atom. The van der Waals surface area contributed by atoms with Crippen LogP contribution in [0.3, 0.4) is 0 Å². The summed E-state index contributed by atoms with van der Waals surface area (Å²) in [7, 11) is 0. The average molecular weight is 466 g/mol. The smallest absolute Gasteiger partial charge is 0.435 e. The molecule has 0 spiro atoms. The first-order valence-corrected chi connectivity index (χ1v) is 11.1. The van der Waals surface area contributed by atoms with Crippen LogP contribution in [-0.2, 0) is 17.7 Å². The minimum absolute atomic E-state index is 0.318. The molecule has 5 aromatic rings. The number of rotatable bonds is 4. The molecule has 5 rings (SSSR count). The maximum atomic E-state index is 13.7. The van der Waals surface area contributed by atoms with Crippen molar-refractivity contribution < 1.29 is 17.7 Å². The van der Waals surface area contributed by atoms with E-state index >= 15 is 0 Å². The first kappa shape index (κ1) is 21.3. The first-order chi connectivity index (χ1) is 15.8. The molecule has 1 heterocycles. The topological polar surface area (TPSA) is 78.9 Å². The highest BCUT2D eigenvalue weighted by Crippen LogP contribution is 2.40. The predicted molar refractivity (Wildman–Crippen MR) is 125 cm³/mol. The highest BCUT2D eigenvalue weighted by atomic mass is 32.2. The van der Waals surface area contributed by atoms with Crippen LogP contribution in [0.25, 0.3) is 38.5 Å². The van der Waals surface area contributed by atoms with Crippen LogP contribution in [0.5, 0.6) is 0 Å². The molecule has 0 radical (unpaired) electrons. The number of anilines is 1. The number of aromatic nitrogens is 2. The molecule has 0 amide bonds. The number of alkyl halides is 3. The molecule has 1 unspecified atom stereocenters. The van der Waals surface area contributed by atoms with E-state index in [0.29, 0.717) is 22.6 Å². The van der Waals surface area contributed by atoms with Gasteiger partial charge in [-0.2, -0.15) is 23.0 Å². The van der Waals surface area contributed by atoms with Crippen molar-refractivity contribution in [3.63, 3.8) is 0 Å². The molecular weight excluding hydrogens is 449 g/mol. The number of nitrogens with one attached hydrogen (secondary N) is 1. The lowest BCUT2D eigenvalue weighted by Gasteiger charge is -2.14. The van der Waals surface area contributed by atoms with Gasteiger partial charge in [-0.05, 0) is 57.9 Å². The maximum Gasteiger partial charge on any atom is 0.435 e. The molecule has 0 bridgehead atoms. The second-order valence-corrected chi connectivity index (χ2v) is 8.26. The lowest BCUT2D eigenvalue weighted by Crippen LogP contribution is -2.21. The Bertz CT molecular complexity index is 1410. The van der Waals surface area contributed by atoms with Crippen molar-refractivity contribution in [1.29, 1.82) is 0 Å². The summed E-state index contributed by atoms with van der Waals surface area (Å²) in [5, 5.41) is 12.6. The minimum atomic E-state index is -4.61. The van der Waals surface area contributed by atoms with Gasteiger partial charge in [0.25, 0.3) is 0 Å². The Morgan fingerprint density at radius 2 is 1.42 bits per heavy atom. The molecule has 1 atom stereocenters. The Balaban J connectivity index is 1.80. The molecule has 1 aromatic heterocycles. The molecule has 3 N–H and O–H groups in total. The number of fused-ring (bicyclic) bond motifs is 2. The predicted octanol–water partition coefficient (Wildman–Crippen LogP) is 5.81. The number of hydrogen-bond acceptors (Lipinski definition) is 4. The van der Waals surface area contributed by atoms with Crippen LogP contribution in [0.4, 0.5) is 18.9 Å². The fraction of sp³-hybridized carbons (Fsp3) is 0.0417. The molecule has 0 fully saturated rings. The zero-order valence-corrected chi connectivity index (χ0v) is 17.8. The van der Waals surface area contributed by atoms with E-state index in [0.717, 1.165) is 27.6 Å². The van der Waals surface area contributed by atoms with E-state index in [9.17, 15) is 17.7 Å². The van der Waals surface area contributed by atoms with E-state index < -0.39 is 23.4 Å². The maximum absolute atomic E-state index is 13.7. The van der Waals surface area contributed by atoms with Gasteiger partial charge in [-0.3, -0.25) is 0 Å². The molecule has 0 aliphatic carbocycles. The van der Waals surface area contributed by atoms with Gasteiger partial charge < -0.3 is 4.55 Å². The second kappa shape index (κ2) is 8.11. The molecule has 0 saturated carbocycles. The Morgan fingerprint density at radius 3 is 1.97 bits per heavy atom. The number of benzene rings is 4. The molecule has 0 aliphatic rings. The zero-order valence-electron chi connectivity index (χ0n) is 17.0. The highest BCUT2D eigenvalue weighted by molar-refractivity contribution is 7.90. The summed E-state index contributed by atoms with van der Waals surface area (Å²) >= 11 is -1.76. The Labute approximate surface area is 190 Å². The number of halogens is 3. The van der Waals surface area contributed by atoms with E-state index in [1.807, 2.05) is 54.6 Å². The van der Waals surface area contributed by atoms with Gasteiger partial charge in [0.15, 0.2) is 17.2 Å². The van der Waals surface area contributed by atoms with E-state index in [1.54, 1.807) is 24.3 Å². The van der Waals surface area contributed by atoms with Crippen LogP contribution in [0.15, 0.2) is 84.9 Å². The summed E-state index contributed by atoms with van der Waals surface area (Å²) in [5.74, 6) is 0. The van der Waals surface area contributed by atoms with Crippen LogP contribution in [-0.4, -0.2) is 14.3 Å². The van der Waals surface area contributed by atoms with Gasteiger partial charge in [-0.25, -0.2) is 4.68 Å². The fourth-order valence-corrected chi connectivity index (χ4v) is 4.34. The van der Waals surface area contributed by atoms with Crippen molar-refractivity contribution in [2.45, 2.75) is 6.18 Å². The third-order valence-electron chi connectivity index (χ3n) is 5.36. The number of nitrogens with two attached hydrogens (primary N) is 1. The van der Waals surface area contributed by atoms with Gasteiger partial charge in [0, 0.05) is 5.56 Å². The zero-order chi connectivity index (χ0) is 23.2. The summed E-state index contributed by atoms with van der Waals surface area (Å²) in [6.45, 7) is 0. The van der Waals surface area contributed by atoms with Crippen molar-refractivity contribution >= 4 is 38.8 Å². The molecule has 9 heteroatoms. The molecule has 33 heavy (non-hydrogen) atoms. The van der Waals surface area contributed by atoms with Gasteiger partial charge in [0.2, 0.25) is 0 Å². The van der Waals surface area contributed by atoms with Crippen LogP contribution >= 0.6 is 0 Å².